The second-order valence-corrected chi connectivity index (χ2v) is 8.75. The van der Waals surface area contributed by atoms with Crippen molar-refractivity contribution in [2.75, 3.05) is 30.4 Å². The van der Waals surface area contributed by atoms with E-state index in [9.17, 15) is 8.42 Å². The van der Waals surface area contributed by atoms with E-state index in [2.05, 4.69) is 17.0 Å². The highest BCUT2D eigenvalue weighted by atomic mass is 32.2. The second-order valence-electron chi connectivity index (χ2n) is 5.22. The number of anilines is 2. The zero-order valence-corrected chi connectivity index (χ0v) is 13.4. The smallest absolute Gasteiger partial charge is 0.242 e. The molecule has 0 saturated carbocycles. The third kappa shape index (κ3) is 3.39. The molecule has 0 spiro atoms. The molecule has 0 aromatic heterocycles. The van der Waals surface area contributed by atoms with Gasteiger partial charge in [-0.1, -0.05) is 0 Å². The molecule has 1 aromatic carbocycles. The number of rotatable bonds is 5. The van der Waals surface area contributed by atoms with Gasteiger partial charge in [0.05, 0.1) is 5.69 Å². The van der Waals surface area contributed by atoms with E-state index in [1.165, 1.54) is 31.7 Å². The number of thioether (sulfide) groups is 1. The number of nitrogens with two attached hydrogens (primary N) is 1. The quantitative estimate of drug-likeness (QED) is 0.723. The first kappa shape index (κ1) is 15.5. The van der Waals surface area contributed by atoms with Crippen LogP contribution in [0.1, 0.15) is 19.8 Å². The van der Waals surface area contributed by atoms with Gasteiger partial charge in [0.2, 0.25) is 10.0 Å². The predicted octanol–water partition coefficient (Wildman–Crippen LogP) is 1.87. The van der Waals surface area contributed by atoms with Gasteiger partial charge in [-0.2, -0.15) is 11.8 Å². The first-order valence-corrected chi connectivity index (χ1v) is 9.04. The van der Waals surface area contributed by atoms with Crippen LogP contribution in [0.2, 0.25) is 0 Å². The summed E-state index contributed by atoms with van der Waals surface area (Å²) in [5, 5.41) is 3.35. The van der Waals surface area contributed by atoms with Crippen LogP contribution in [0.3, 0.4) is 0 Å². The van der Waals surface area contributed by atoms with Crippen molar-refractivity contribution in [3.8, 4) is 0 Å². The standard InChI is InChI=1S/C13H21N3O2S2/c1-13(6-3-7-19-13)9-16-10-4-5-12(11(14)8-10)20(17,18)15-2/h4-5,8,15-16H,3,6-7,9,14H2,1-2H3. The molecule has 0 bridgehead atoms. The fourth-order valence-corrected chi connectivity index (χ4v) is 4.36. The van der Waals surface area contributed by atoms with Gasteiger partial charge in [-0.15, -0.1) is 0 Å². The van der Waals surface area contributed by atoms with Crippen molar-refractivity contribution in [1.82, 2.24) is 4.72 Å². The molecule has 1 saturated heterocycles. The molecule has 1 atom stereocenters. The summed E-state index contributed by atoms with van der Waals surface area (Å²) >= 11 is 1.98. The summed E-state index contributed by atoms with van der Waals surface area (Å²) in [7, 11) is -2.12. The Morgan fingerprint density at radius 2 is 2.20 bits per heavy atom. The summed E-state index contributed by atoms with van der Waals surface area (Å²) in [5.41, 5.74) is 6.95. The van der Waals surface area contributed by atoms with Crippen LogP contribution in [0.15, 0.2) is 23.1 Å². The Morgan fingerprint density at radius 3 is 2.75 bits per heavy atom. The van der Waals surface area contributed by atoms with Crippen LogP contribution >= 0.6 is 11.8 Å². The highest BCUT2D eigenvalue weighted by Crippen LogP contribution is 2.37. The van der Waals surface area contributed by atoms with Crippen molar-refractivity contribution in [2.24, 2.45) is 0 Å². The highest BCUT2D eigenvalue weighted by Gasteiger charge is 2.29. The van der Waals surface area contributed by atoms with Gasteiger partial charge < -0.3 is 11.1 Å². The van der Waals surface area contributed by atoms with Gasteiger partial charge in [-0.05, 0) is 50.8 Å². The van der Waals surface area contributed by atoms with Crippen molar-refractivity contribution in [2.45, 2.75) is 29.4 Å². The van der Waals surface area contributed by atoms with Crippen molar-refractivity contribution >= 4 is 33.2 Å². The third-order valence-corrected chi connectivity index (χ3v) is 6.56. The SMILES string of the molecule is CNS(=O)(=O)c1ccc(NCC2(C)CCCS2)cc1N. The Hall–Kier alpha value is -0.920. The van der Waals surface area contributed by atoms with Crippen LogP contribution in [-0.4, -0.2) is 32.5 Å². The normalized spacial score (nSPS) is 22.9. The molecule has 5 nitrogen and oxygen atoms in total. The van der Waals surface area contributed by atoms with Crippen molar-refractivity contribution < 1.29 is 8.42 Å². The van der Waals surface area contributed by atoms with E-state index < -0.39 is 10.0 Å². The van der Waals surface area contributed by atoms with E-state index in [1.54, 1.807) is 12.1 Å². The average Bonchev–Trinajstić information content (AvgIpc) is 2.84. The first-order valence-electron chi connectivity index (χ1n) is 6.57. The lowest BCUT2D eigenvalue weighted by Crippen LogP contribution is -2.27. The molecule has 20 heavy (non-hydrogen) atoms. The van der Waals surface area contributed by atoms with Gasteiger partial charge in [0, 0.05) is 17.0 Å². The number of sulfonamides is 1. The minimum absolute atomic E-state index is 0.118. The third-order valence-electron chi connectivity index (χ3n) is 3.53. The maximum absolute atomic E-state index is 11.7. The number of hydrogen-bond acceptors (Lipinski definition) is 5. The fourth-order valence-electron chi connectivity index (χ4n) is 2.28. The lowest BCUT2D eigenvalue weighted by atomic mass is 10.1. The van der Waals surface area contributed by atoms with E-state index in [-0.39, 0.29) is 15.3 Å². The Kier molecular flexibility index (Phi) is 4.51. The van der Waals surface area contributed by atoms with Crippen LogP contribution in [0.25, 0.3) is 0 Å². The van der Waals surface area contributed by atoms with E-state index >= 15 is 0 Å². The largest absolute Gasteiger partial charge is 0.398 e. The molecule has 7 heteroatoms. The van der Waals surface area contributed by atoms with Crippen LogP contribution in [0.4, 0.5) is 11.4 Å². The topological polar surface area (TPSA) is 84.2 Å². The highest BCUT2D eigenvalue weighted by molar-refractivity contribution is 8.00. The van der Waals surface area contributed by atoms with Gasteiger partial charge in [0.15, 0.2) is 0 Å². The molecule has 4 N–H and O–H groups in total. The van der Waals surface area contributed by atoms with Gasteiger partial charge in [0.1, 0.15) is 4.90 Å². The van der Waals surface area contributed by atoms with Crippen LogP contribution in [-0.2, 0) is 10.0 Å². The summed E-state index contributed by atoms with van der Waals surface area (Å²) < 4.78 is 26.0. The molecule has 1 fully saturated rings. The van der Waals surface area contributed by atoms with E-state index in [0.29, 0.717) is 0 Å². The summed E-state index contributed by atoms with van der Waals surface area (Å²) in [4.78, 5) is 0.118. The number of nitrogen functional groups attached to an aromatic ring is 1. The molecule has 0 aliphatic carbocycles. The second kappa shape index (κ2) is 5.83. The molecule has 0 radical (unpaired) electrons. The zero-order chi connectivity index (χ0) is 14.8. The minimum atomic E-state index is -3.50. The van der Waals surface area contributed by atoms with Crippen molar-refractivity contribution in [3.63, 3.8) is 0 Å². The van der Waals surface area contributed by atoms with E-state index in [1.807, 2.05) is 11.8 Å². The van der Waals surface area contributed by atoms with Crippen LogP contribution < -0.4 is 15.8 Å². The Labute approximate surface area is 124 Å². The van der Waals surface area contributed by atoms with E-state index in [0.717, 1.165) is 12.2 Å². The number of hydrogen-bond donors (Lipinski definition) is 3. The van der Waals surface area contributed by atoms with Crippen molar-refractivity contribution in [3.05, 3.63) is 18.2 Å². The van der Waals surface area contributed by atoms with E-state index in [4.69, 9.17) is 5.73 Å². The van der Waals surface area contributed by atoms with Crippen molar-refractivity contribution in [1.29, 1.82) is 0 Å². The molecular formula is C13H21N3O2S2. The number of nitrogens with one attached hydrogen (secondary N) is 2. The molecule has 1 heterocycles. The fraction of sp³-hybridized carbons (Fsp3) is 0.538. The van der Waals surface area contributed by atoms with Gasteiger partial charge in [0.25, 0.3) is 0 Å². The Morgan fingerprint density at radius 1 is 1.45 bits per heavy atom. The number of benzene rings is 1. The molecule has 0 amide bonds. The lowest BCUT2D eigenvalue weighted by Gasteiger charge is -2.23. The molecule has 1 aliphatic heterocycles. The summed E-state index contributed by atoms with van der Waals surface area (Å²) in [5.74, 6) is 1.21. The lowest BCUT2D eigenvalue weighted by molar-refractivity contribution is 0.588. The van der Waals surface area contributed by atoms with Crippen LogP contribution in [0, 0.1) is 0 Å². The molecule has 1 aromatic rings. The average molecular weight is 315 g/mol. The molecular weight excluding hydrogens is 294 g/mol. The maximum Gasteiger partial charge on any atom is 0.242 e. The molecule has 2 rings (SSSR count). The molecule has 1 unspecified atom stereocenters. The predicted molar refractivity (Wildman–Crippen MR) is 85.7 cm³/mol. The first-order chi connectivity index (χ1) is 9.36. The Bertz CT molecular complexity index is 581. The molecule has 112 valence electrons. The Balaban J connectivity index is 2.10. The summed E-state index contributed by atoms with van der Waals surface area (Å²) in [6.07, 6.45) is 2.46. The minimum Gasteiger partial charge on any atom is -0.398 e. The van der Waals surface area contributed by atoms with Gasteiger partial charge >= 0.3 is 0 Å². The van der Waals surface area contributed by atoms with Crippen LogP contribution in [0.5, 0.6) is 0 Å². The summed E-state index contributed by atoms with van der Waals surface area (Å²) in [6, 6.07) is 4.96. The maximum atomic E-state index is 11.7. The monoisotopic (exact) mass is 315 g/mol. The van der Waals surface area contributed by atoms with Gasteiger partial charge in [-0.3, -0.25) is 0 Å². The zero-order valence-electron chi connectivity index (χ0n) is 11.8. The summed E-state index contributed by atoms with van der Waals surface area (Å²) in [6.45, 7) is 3.11. The van der Waals surface area contributed by atoms with Gasteiger partial charge in [-0.25, -0.2) is 13.1 Å². The molecule has 1 aliphatic rings.